The second-order valence-electron chi connectivity index (χ2n) is 5.13. The van der Waals surface area contributed by atoms with E-state index in [2.05, 4.69) is 34.7 Å². The predicted molar refractivity (Wildman–Crippen MR) is 88.3 cm³/mol. The highest BCUT2D eigenvalue weighted by molar-refractivity contribution is 5.46. The van der Waals surface area contributed by atoms with Gasteiger partial charge in [0.15, 0.2) is 0 Å². The van der Waals surface area contributed by atoms with Crippen molar-refractivity contribution in [2.45, 2.75) is 25.9 Å². The van der Waals surface area contributed by atoms with Gasteiger partial charge in [-0.05, 0) is 31.2 Å². The monoisotopic (exact) mass is 284 g/mol. The van der Waals surface area contributed by atoms with Crippen LogP contribution in [-0.2, 0) is 0 Å². The van der Waals surface area contributed by atoms with Crippen molar-refractivity contribution in [3.8, 4) is 0 Å². The molecule has 4 N–H and O–H groups in total. The highest BCUT2D eigenvalue weighted by Gasteiger charge is 2.18. The number of likely N-dealkylation sites (N-methyl/N-ethyl adjacent to an activating group) is 1. The third kappa shape index (κ3) is 4.28. The molecule has 4 nitrogen and oxygen atoms in total. The lowest BCUT2D eigenvalue weighted by Gasteiger charge is -2.26. The van der Waals surface area contributed by atoms with Gasteiger partial charge in [0.25, 0.3) is 0 Å². The maximum atomic E-state index is 6.39. The summed E-state index contributed by atoms with van der Waals surface area (Å²) in [7, 11) is 0. The zero-order valence-corrected chi connectivity index (χ0v) is 12.7. The number of nitrogens with one attached hydrogen (secondary N) is 2. The smallest absolute Gasteiger partial charge is 0.0603 e. The molecule has 0 aliphatic rings. The van der Waals surface area contributed by atoms with Crippen LogP contribution < -0.4 is 16.4 Å². The van der Waals surface area contributed by atoms with Gasteiger partial charge in [0.1, 0.15) is 0 Å². The van der Waals surface area contributed by atoms with Crippen LogP contribution in [0.4, 0.5) is 5.69 Å². The molecule has 0 amide bonds. The van der Waals surface area contributed by atoms with Crippen LogP contribution in [0.15, 0.2) is 48.7 Å². The number of nitrogens with zero attached hydrogens (tertiary/aromatic N) is 1. The quantitative estimate of drug-likeness (QED) is 0.731. The molecule has 0 aliphatic heterocycles. The lowest BCUT2D eigenvalue weighted by atomic mass is 9.99. The van der Waals surface area contributed by atoms with E-state index in [-0.39, 0.29) is 12.1 Å². The fourth-order valence-electron chi connectivity index (χ4n) is 2.41. The number of aryl methyl sites for hydroxylation is 1. The third-order valence-corrected chi connectivity index (χ3v) is 3.55. The minimum Gasteiger partial charge on any atom is -0.382 e. The molecule has 2 aromatic rings. The Morgan fingerprint density at radius 2 is 1.90 bits per heavy atom. The van der Waals surface area contributed by atoms with Crippen LogP contribution >= 0.6 is 0 Å². The van der Waals surface area contributed by atoms with Crippen molar-refractivity contribution in [1.29, 1.82) is 0 Å². The Labute approximate surface area is 126 Å². The van der Waals surface area contributed by atoms with E-state index in [4.69, 9.17) is 5.73 Å². The van der Waals surface area contributed by atoms with Gasteiger partial charge in [0.2, 0.25) is 0 Å². The van der Waals surface area contributed by atoms with Crippen molar-refractivity contribution in [2.75, 3.05) is 18.4 Å². The summed E-state index contributed by atoms with van der Waals surface area (Å²) in [4.78, 5) is 4.28. The van der Waals surface area contributed by atoms with Crippen molar-refractivity contribution >= 4 is 5.69 Å². The SMILES string of the molecule is CCN[C@H](c1ccccc1)[C@H](N)CNc1cccnc1C. The van der Waals surface area contributed by atoms with E-state index in [0.29, 0.717) is 6.54 Å². The summed E-state index contributed by atoms with van der Waals surface area (Å²) in [5, 5.41) is 6.86. The molecule has 0 unspecified atom stereocenters. The van der Waals surface area contributed by atoms with Gasteiger partial charge in [-0.3, -0.25) is 4.98 Å². The highest BCUT2D eigenvalue weighted by Crippen LogP contribution is 2.17. The number of aromatic nitrogens is 1. The Balaban J connectivity index is 2.02. The molecule has 0 spiro atoms. The van der Waals surface area contributed by atoms with Crippen LogP contribution in [0, 0.1) is 6.92 Å². The number of nitrogens with two attached hydrogens (primary N) is 1. The maximum Gasteiger partial charge on any atom is 0.0603 e. The van der Waals surface area contributed by atoms with Crippen molar-refractivity contribution in [2.24, 2.45) is 5.73 Å². The van der Waals surface area contributed by atoms with Gasteiger partial charge < -0.3 is 16.4 Å². The number of hydrogen-bond donors (Lipinski definition) is 3. The van der Waals surface area contributed by atoms with E-state index in [1.807, 2.05) is 37.3 Å². The van der Waals surface area contributed by atoms with E-state index in [0.717, 1.165) is 17.9 Å². The standard InChI is InChI=1S/C17H24N4/c1-3-19-17(14-8-5-4-6-9-14)15(18)12-21-16-10-7-11-20-13(16)2/h4-11,15,17,19,21H,3,12,18H2,1-2H3/t15-,17-/m1/s1. The van der Waals surface area contributed by atoms with Crippen LogP contribution in [0.5, 0.6) is 0 Å². The summed E-state index contributed by atoms with van der Waals surface area (Å²) in [5.41, 5.74) is 9.64. The van der Waals surface area contributed by atoms with Gasteiger partial charge in [-0.1, -0.05) is 37.3 Å². The van der Waals surface area contributed by atoms with Gasteiger partial charge in [-0.2, -0.15) is 0 Å². The second kappa shape index (κ2) is 7.76. The molecular weight excluding hydrogens is 260 g/mol. The first-order valence-electron chi connectivity index (χ1n) is 7.41. The highest BCUT2D eigenvalue weighted by atomic mass is 15.0. The zero-order valence-electron chi connectivity index (χ0n) is 12.7. The van der Waals surface area contributed by atoms with Gasteiger partial charge in [0, 0.05) is 24.8 Å². The fourth-order valence-corrected chi connectivity index (χ4v) is 2.41. The van der Waals surface area contributed by atoms with Crippen molar-refractivity contribution < 1.29 is 0 Å². The average molecular weight is 284 g/mol. The van der Waals surface area contributed by atoms with E-state index in [1.54, 1.807) is 6.20 Å². The first-order chi connectivity index (χ1) is 10.2. The van der Waals surface area contributed by atoms with Gasteiger partial charge in [-0.25, -0.2) is 0 Å². The van der Waals surface area contributed by atoms with Gasteiger partial charge in [-0.15, -0.1) is 0 Å². The number of benzene rings is 1. The zero-order chi connectivity index (χ0) is 15.1. The van der Waals surface area contributed by atoms with E-state index < -0.39 is 0 Å². The Kier molecular flexibility index (Phi) is 5.72. The fraction of sp³-hybridized carbons (Fsp3) is 0.353. The number of anilines is 1. The second-order valence-corrected chi connectivity index (χ2v) is 5.13. The molecule has 0 radical (unpaired) electrons. The summed E-state index contributed by atoms with van der Waals surface area (Å²) in [6.07, 6.45) is 1.80. The molecule has 0 bridgehead atoms. The summed E-state index contributed by atoms with van der Waals surface area (Å²) in [6.45, 7) is 5.67. The molecule has 2 atom stereocenters. The first kappa shape index (κ1) is 15.5. The number of hydrogen-bond acceptors (Lipinski definition) is 4. The Morgan fingerprint density at radius 3 is 2.57 bits per heavy atom. The molecule has 0 aliphatic carbocycles. The maximum absolute atomic E-state index is 6.39. The minimum absolute atomic E-state index is 0.0213. The largest absolute Gasteiger partial charge is 0.382 e. The van der Waals surface area contributed by atoms with Crippen LogP contribution in [0.3, 0.4) is 0 Å². The van der Waals surface area contributed by atoms with E-state index in [9.17, 15) is 0 Å². The van der Waals surface area contributed by atoms with Crippen LogP contribution in [0.2, 0.25) is 0 Å². The van der Waals surface area contributed by atoms with Gasteiger partial charge in [0.05, 0.1) is 11.4 Å². The molecule has 0 saturated heterocycles. The van der Waals surface area contributed by atoms with Crippen LogP contribution in [-0.4, -0.2) is 24.1 Å². The van der Waals surface area contributed by atoms with Crippen molar-refractivity contribution in [1.82, 2.24) is 10.3 Å². The summed E-state index contributed by atoms with van der Waals surface area (Å²) in [5.74, 6) is 0. The first-order valence-corrected chi connectivity index (χ1v) is 7.41. The molecule has 1 aromatic heterocycles. The minimum atomic E-state index is -0.0213. The average Bonchev–Trinajstić information content (AvgIpc) is 2.52. The predicted octanol–water partition coefficient (Wildman–Crippen LogP) is 2.48. The van der Waals surface area contributed by atoms with Crippen LogP contribution in [0.25, 0.3) is 0 Å². The van der Waals surface area contributed by atoms with Crippen molar-refractivity contribution in [3.05, 3.63) is 59.9 Å². The molecule has 21 heavy (non-hydrogen) atoms. The van der Waals surface area contributed by atoms with Crippen molar-refractivity contribution in [3.63, 3.8) is 0 Å². The lowest BCUT2D eigenvalue weighted by molar-refractivity contribution is 0.465. The van der Waals surface area contributed by atoms with Crippen LogP contribution in [0.1, 0.15) is 24.2 Å². The topological polar surface area (TPSA) is 63.0 Å². The molecule has 1 heterocycles. The lowest BCUT2D eigenvalue weighted by Crippen LogP contribution is -2.42. The third-order valence-electron chi connectivity index (χ3n) is 3.55. The summed E-state index contributed by atoms with van der Waals surface area (Å²) in [6, 6.07) is 14.4. The summed E-state index contributed by atoms with van der Waals surface area (Å²) < 4.78 is 0. The Bertz CT molecular complexity index is 541. The molecule has 0 fully saturated rings. The molecule has 4 heteroatoms. The molecule has 2 rings (SSSR count). The molecular formula is C17H24N4. The van der Waals surface area contributed by atoms with E-state index in [1.165, 1.54) is 5.56 Å². The Hall–Kier alpha value is -1.91. The normalized spacial score (nSPS) is 13.7. The number of pyridine rings is 1. The van der Waals surface area contributed by atoms with Gasteiger partial charge >= 0.3 is 0 Å². The Morgan fingerprint density at radius 1 is 1.14 bits per heavy atom. The number of rotatable bonds is 7. The summed E-state index contributed by atoms with van der Waals surface area (Å²) >= 11 is 0. The molecule has 112 valence electrons. The molecule has 0 saturated carbocycles. The van der Waals surface area contributed by atoms with E-state index >= 15 is 0 Å². The molecule has 1 aromatic carbocycles.